The zero-order valence-corrected chi connectivity index (χ0v) is 8.15. The second-order valence-electron chi connectivity index (χ2n) is 3.39. The predicted octanol–water partition coefficient (Wildman–Crippen LogP) is 4.06. The van der Waals surface area contributed by atoms with E-state index in [-0.39, 0.29) is 0 Å². The van der Waals surface area contributed by atoms with E-state index in [1.54, 1.807) is 0 Å². The van der Waals surface area contributed by atoms with Crippen molar-refractivity contribution in [2.75, 3.05) is 0 Å². The van der Waals surface area contributed by atoms with Crippen LogP contribution in [-0.2, 0) is 0 Å². The lowest BCUT2D eigenvalue weighted by atomic mass is 9.98. The first kappa shape index (κ1) is 9.62. The number of aryl methyl sites for hydroxylation is 1. The topological polar surface area (TPSA) is 48.8 Å². The van der Waals surface area contributed by atoms with E-state index in [1.165, 1.54) is 11.1 Å². The van der Waals surface area contributed by atoms with Gasteiger partial charge in [0.1, 0.15) is 0 Å². The summed E-state index contributed by atoms with van der Waals surface area (Å²) in [7, 11) is 0. The van der Waals surface area contributed by atoms with Gasteiger partial charge in [-0.25, -0.2) is 0 Å². The van der Waals surface area contributed by atoms with Gasteiger partial charge in [-0.15, -0.1) is 0 Å². The summed E-state index contributed by atoms with van der Waals surface area (Å²) >= 11 is 0. The highest BCUT2D eigenvalue weighted by molar-refractivity contribution is 5.44. The molecule has 0 heterocycles. The van der Waals surface area contributed by atoms with Crippen LogP contribution in [0, 0.1) is 6.92 Å². The van der Waals surface area contributed by atoms with Crippen molar-refractivity contribution in [2.24, 2.45) is 5.11 Å². The second-order valence-corrected chi connectivity index (χ2v) is 3.39. The Labute approximate surface area is 78.0 Å². The smallest absolute Gasteiger partial charge is 0.0378 e. The molecule has 0 atom stereocenters. The number of rotatable bonds is 2. The van der Waals surface area contributed by atoms with Gasteiger partial charge in [-0.05, 0) is 35.6 Å². The van der Waals surface area contributed by atoms with Crippen LogP contribution < -0.4 is 0 Å². The number of azide groups is 1. The number of benzene rings is 1. The van der Waals surface area contributed by atoms with E-state index in [4.69, 9.17) is 5.53 Å². The van der Waals surface area contributed by atoms with Crippen molar-refractivity contribution in [1.29, 1.82) is 0 Å². The van der Waals surface area contributed by atoms with E-state index in [0.717, 1.165) is 0 Å². The van der Waals surface area contributed by atoms with Crippen LogP contribution in [0.5, 0.6) is 0 Å². The minimum Gasteiger partial charge on any atom is -0.0608 e. The van der Waals surface area contributed by atoms with Crippen LogP contribution in [0.1, 0.15) is 30.9 Å². The Kier molecular flexibility index (Phi) is 2.93. The molecule has 0 fully saturated rings. The van der Waals surface area contributed by atoms with Gasteiger partial charge in [-0.1, -0.05) is 31.1 Å². The van der Waals surface area contributed by atoms with Crippen LogP contribution in [0.3, 0.4) is 0 Å². The van der Waals surface area contributed by atoms with Crippen molar-refractivity contribution in [3.8, 4) is 0 Å². The molecular formula is C10H13N3. The van der Waals surface area contributed by atoms with Crippen molar-refractivity contribution in [2.45, 2.75) is 26.7 Å². The quantitative estimate of drug-likeness (QED) is 0.369. The molecule has 0 saturated heterocycles. The van der Waals surface area contributed by atoms with E-state index in [2.05, 4.69) is 30.8 Å². The highest BCUT2D eigenvalue weighted by Gasteiger charge is 2.03. The standard InChI is InChI=1S/C10H13N3/c1-7(2)10-6-9(12-13-11)5-4-8(10)3/h4-7H,1-3H3. The summed E-state index contributed by atoms with van der Waals surface area (Å²) in [6, 6.07) is 5.76. The molecule has 0 saturated carbocycles. The maximum Gasteiger partial charge on any atom is 0.0378 e. The third-order valence-corrected chi connectivity index (χ3v) is 2.05. The van der Waals surface area contributed by atoms with Crippen LogP contribution in [0.25, 0.3) is 10.4 Å². The SMILES string of the molecule is Cc1ccc(N=[N+]=[N-])cc1C(C)C. The molecular weight excluding hydrogens is 162 g/mol. The summed E-state index contributed by atoms with van der Waals surface area (Å²) in [4.78, 5) is 2.76. The first-order valence-corrected chi connectivity index (χ1v) is 4.31. The maximum absolute atomic E-state index is 8.28. The second kappa shape index (κ2) is 3.97. The Balaban J connectivity index is 3.18. The Morgan fingerprint density at radius 2 is 2.08 bits per heavy atom. The molecule has 0 unspecified atom stereocenters. The summed E-state index contributed by atoms with van der Waals surface area (Å²) < 4.78 is 0. The van der Waals surface area contributed by atoms with Crippen LogP contribution >= 0.6 is 0 Å². The first-order valence-electron chi connectivity index (χ1n) is 4.31. The van der Waals surface area contributed by atoms with Gasteiger partial charge in [0.05, 0.1) is 0 Å². The summed E-state index contributed by atoms with van der Waals surface area (Å²) in [5.74, 6) is 0.467. The molecule has 1 rings (SSSR count). The lowest BCUT2D eigenvalue weighted by molar-refractivity contribution is 0.856. The molecule has 1 aromatic carbocycles. The lowest BCUT2D eigenvalue weighted by Gasteiger charge is -2.09. The van der Waals surface area contributed by atoms with E-state index in [9.17, 15) is 0 Å². The molecule has 0 aliphatic carbocycles. The Morgan fingerprint density at radius 3 is 2.62 bits per heavy atom. The highest BCUT2D eigenvalue weighted by Crippen LogP contribution is 2.24. The average Bonchev–Trinajstić information content (AvgIpc) is 2.08. The van der Waals surface area contributed by atoms with Gasteiger partial charge < -0.3 is 0 Å². The zero-order valence-electron chi connectivity index (χ0n) is 8.15. The largest absolute Gasteiger partial charge is 0.0608 e. The maximum atomic E-state index is 8.28. The molecule has 0 bridgehead atoms. The summed E-state index contributed by atoms with van der Waals surface area (Å²) in [5.41, 5.74) is 11.5. The van der Waals surface area contributed by atoms with Crippen LogP contribution in [0.4, 0.5) is 5.69 Å². The average molecular weight is 175 g/mol. The van der Waals surface area contributed by atoms with E-state index >= 15 is 0 Å². The molecule has 13 heavy (non-hydrogen) atoms. The van der Waals surface area contributed by atoms with E-state index < -0.39 is 0 Å². The van der Waals surface area contributed by atoms with Crippen LogP contribution in [0.2, 0.25) is 0 Å². The van der Waals surface area contributed by atoms with Crippen molar-refractivity contribution in [3.63, 3.8) is 0 Å². The Bertz CT molecular complexity index is 349. The zero-order chi connectivity index (χ0) is 9.84. The Hall–Kier alpha value is -1.47. The van der Waals surface area contributed by atoms with Gasteiger partial charge in [0.15, 0.2) is 0 Å². The van der Waals surface area contributed by atoms with Gasteiger partial charge in [-0.2, -0.15) is 0 Å². The molecule has 0 spiro atoms. The van der Waals surface area contributed by atoms with Gasteiger partial charge in [0, 0.05) is 10.6 Å². The molecule has 0 aliphatic rings. The molecule has 3 nitrogen and oxygen atoms in total. The molecule has 1 aromatic rings. The molecule has 68 valence electrons. The summed E-state index contributed by atoms with van der Waals surface area (Å²) in [6.45, 7) is 6.32. The van der Waals surface area contributed by atoms with Crippen LogP contribution in [-0.4, -0.2) is 0 Å². The Morgan fingerprint density at radius 1 is 1.38 bits per heavy atom. The molecule has 0 aromatic heterocycles. The molecule has 0 N–H and O–H groups in total. The number of nitrogens with zero attached hydrogens (tertiary/aromatic N) is 3. The molecule has 0 aliphatic heterocycles. The van der Waals surface area contributed by atoms with Crippen LogP contribution in [0.15, 0.2) is 23.3 Å². The van der Waals surface area contributed by atoms with Crippen molar-refractivity contribution >= 4 is 5.69 Å². The minimum atomic E-state index is 0.467. The van der Waals surface area contributed by atoms with Crippen molar-refractivity contribution in [1.82, 2.24) is 0 Å². The van der Waals surface area contributed by atoms with Crippen molar-refractivity contribution < 1.29 is 0 Å². The third kappa shape index (κ3) is 2.23. The monoisotopic (exact) mass is 175 g/mol. The number of hydrogen-bond donors (Lipinski definition) is 0. The van der Waals surface area contributed by atoms with Gasteiger partial charge in [0.25, 0.3) is 0 Å². The normalized spacial score (nSPS) is 9.85. The van der Waals surface area contributed by atoms with E-state index in [0.29, 0.717) is 11.6 Å². The van der Waals surface area contributed by atoms with Gasteiger partial charge in [-0.3, -0.25) is 0 Å². The fourth-order valence-electron chi connectivity index (χ4n) is 1.36. The fraction of sp³-hybridized carbons (Fsp3) is 0.400. The molecule has 3 heteroatoms. The van der Waals surface area contributed by atoms with E-state index in [1.807, 2.05) is 18.2 Å². The predicted molar refractivity (Wildman–Crippen MR) is 54.1 cm³/mol. The third-order valence-electron chi connectivity index (χ3n) is 2.05. The molecule has 0 radical (unpaired) electrons. The number of hydrogen-bond acceptors (Lipinski definition) is 1. The van der Waals surface area contributed by atoms with Gasteiger partial charge >= 0.3 is 0 Å². The highest BCUT2D eigenvalue weighted by atomic mass is 15.1. The molecule has 0 amide bonds. The van der Waals surface area contributed by atoms with Crippen molar-refractivity contribution in [3.05, 3.63) is 39.8 Å². The summed E-state index contributed by atoms with van der Waals surface area (Å²) in [6.07, 6.45) is 0. The van der Waals surface area contributed by atoms with Gasteiger partial charge in [0.2, 0.25) is 0 Å². The minimum absolute atomic E-state index is 0.467. The first-order chi connectivity index (χ1) is 6.15. The fourth-order valence-corrected chi connectivity index (χ4v) is 1.36. The summed E-state index contributed by atoms with van der Waals surface area (Å²) in [5, 5.41) is 3.57. The lowest BCUT2D eigenvalue weighted by Crippen LogP contribution is -1.90.